The maximum absolute atomic E-state index is 12.5. The standard InChI is InChI=1S/C10H8F3N3O3S/c11-10(12,13)6-1-2-8(17)7(5-6)16-20(18,19)9-3-4-14-15-9/h1-5,16-17H,(H,14,15). The second kappa shape index (κ2) is 4.71. The highest BCUT2D eigenvalue weighted by Gasteiger charge is 2.31. The Morgan fingerprint density at radius 3 is 2.50 bits per heavy atom. The van der Waals surface area contributed by atoms with Gasteiger partial charge in [-0.15, -0.1) is 0 Å². The number of aromatic nitrogens is 2. The number of phenols is 1. The fraction of sp³-hybridized carbons (Fsp3) is 0.100. The van der Waals surface area contributed by atoms with Gasteiger partial charge in [-0.2, -0.15) is 26.7 Å². The van der Waals surface area contributed by atoms with E-state index in [2.05, 4.69) is 10.2 Å². The van der Waals surface area contributed by atoms with Crippen molar-refractivity contribution in [2.24, 2.45) is 0 Å². The molecular weight excluding hydrogens is 299 g/mol. The average molecular weight is 307 g/mol. The van der Waals surface area contributed by atoms with Gasteiger partial charge in [0.2, 0.25) is 0 Å². The molecule has 1 aromatic carbocycles. The summed E-state index contributed by atoms with van der Waals surface area (Å²) in [4.78, 5) is 0. The van der Waals surface area contributed by atoms with Crippen LogP contribution in [0.15, 0.2) is 35.5 Å². The minimum absolute atomic E-state index is 0.339. The molecule has 0 fully saturated rings. The van der Waals surface area contributed by atoms with Gasteiger partial charge in [0.25, 0.3) is 10.0 Å². The molecule has 2 rings (SSSR count). The van der Waals surface area contributed by atoms with Gasteiger partial charge in [0, 0.05) is 0 Å². The molecule has 1 aromatic heterocycles. The highest BCUT2D eigenvalue weighted by Crippen LogP contribution is 2.35. The molecule has 0 unspecified atom stereocenters. The molecule has 0 aliphatic carbocycles. The number of alkyl halides is 3. The molecule has 10 heteroatoms. The molecule has 0 saturated carbocycles. The summed E-state index contributed by atoms with van der Waals surface area (Å²) >= 11 is 0. The third-order valence-electron chi connectivity index (χ3n) is 2.33. The van der Waals surface area contributed by atoms with Crippen LogP contribution in [0.1, 0.15) is 5.56 Å². The van der Waals surface area contributed by atoms with Gasteiger partial charge in [0.05, 0.1) is 17.4 Å². The number of H-pyrrole nitrogens is 1. The maximum atomic E-state index is 12.5. The van der Waals surface area contributed by atoms with Crippen LogP contribution >= 0.6 is 0 Å². The van der Waals surface area contributed by atoms with Crippen molar-refractivity contribution < 1.29 is 26.7 Å². The Morgan fingerprint density at radius 2 is 1.95 bits per heavy atom. The van der Waals surface area contributed by atoms with Gasteiger partial charge in [0.15, 0.2) is 5.03 Å². The van der Waals surface area contributed by atoms with Crippen molar-refractivity contribution >= 4 is 15.7 Å². The van der Waals surface area contributed by atoms with E-state index in [0.717, 1.165) is 12.1 Å². The van der Waals surface area contributed by atoms with Crippen LogP contribution in [0.25, 0.3) is 0 Å². The van der Waals surface area contributed by atoms with E-state index in [1.165, 1.54) is 6.20 Å². The minimum atomic E-state index is -4.65. The first-order chi connectivity index (χ1) is 9.20. The van der Waals surface area contributed by atoms with E-state index in [1.54, 1.807) is 0 Å². The molecule has 0 amide bonds. The molecule has 0 aliphatic heterocycles. The summed E-state index contributed by atoms with van der Waals surface area (Å²) in [5, 5.41) is 14.7. The lowest BCUT2D eigenvalue weighted by atomic mass is 10.2. The Bertz CT molecular complexity index is 711. The van der Waals surface area contributed by atoms with E-state index >= 15 is 0 Å². The lowest BCUT2D eigenvalue weighted by Gasteiger charge is -2.12. The maximum Gasteiger partial charge on any atom is 0.416 e. The quantitative estimate of drug-likeness (QED) is 0.755. The second-order valence-electron chi connectivity index (χ2n) is 3.76. The largest absolute Gasteiger partial charge is 0.506 e. The summed E-state index contributed by atoms with van der Waals surface area (Å²) in [6, 6.07) is 3.02. The number of rotatable bonds is 3. The number of benzene rings is 1. The minimum Gasteiger partial charge on any atom is -0.506 e. The first-order valence-electron chi connectivity index (χ1n) is 5.12. The van der Waals surface area contributed by atoms with Gasteiger partial charge in [-0.1, -0.05) is 0 Å². The van der Waals surface area contributed by atoms with Crippen molar-refractivity contribution in [3.8, 4) is 5.75 Å². The molecule has 2 aromatic rings. The van der Waals surface area contributed by atoms with Crippen LogP contribution in [-0.4, -0.2) is 23.7 Å². The topological polar surface area (TPSA) is 95.1 Å². The fourth-order valence-corrected chi connectivity index (χ4v) is 2.36. The number of anilines is 1. The van der Waals surface area contributed by atoms with Crippen molar-refractivity contribution in [2.75, 3.05) is 4.72 Å². The highest BCUT2D eigenvalue weighted by atomic mass is 32.2. The van der Waals surface area contributed by atoms with Crippen molar-refractivity contribution in [1.82, 2.24) is 10.2 Å². The summed E-state index contributed by atoms with van der Waals surface area (Å²) in [7, 11) is -4.15. The van der Waals surface area contributed by atoms with E-state index in [0.29, 0.717) is 12.1 Å². The number of phenolic OH excluding ortho intramolecular Hbond substituents is 1. The van der Waals surface area contributed by atoms with Gasteiger partial charge in [-0.25, -0.2) is 0 Å². The molecule has 108 valence electrons. The molecule has 1 heterocycles. The molecule has 0 radical (unpaired) electrons. The third-order valence-corrected chi connectivity index (χ3v) is 3.63. The number of nitrogens with zero attached hydrogens (tertiary/aromatic N) is 1. The van der Waals surface area contributed by atoms with E-state index < -0.39 is 33.2 Å². The lowest BCUT2D eigenvalue weighted by molar-refractivity contribution is -0.137. The van der Waals surface area contributed by atoms with Gasteiger partial charge < -0.3 is 5.11 Å². The first-order valence-corrected chi connectivity index (χ1v) is 6.61. The van der Waals surface area contributed by atoms with E-state index in [4.69, 9.17) is 0 Å². The van der Waals surface area contributed by atoms with Crippen LogP contribution < -0.4 is 4.72 Å². The van der Waals surface area contributed by atoms with E-state index in [1.807, 2.05) is 4.72 Å². The van der Waals surface area contributed by atoms with Gasteiger partial charge >= 0.3 is 6.18 Å². The summed E-state index contributed by atoms with van der Waals surface area (Å²) in [6.45, 7) is 0. The Balaban J connectivity index is 2.39. The van der Waals surface area contributed by atoms with Crippen molar-refractivity contribution in [2.45, 2.75) is 11.2 Å². The number of sulfonamides is 1. The van der Waals surface area contributed by atoms with E-state index in [9.17, 15) is 26.7 Å². The molecule has 0 atom stereocenters. The van der Waals surface area contributed by atoms with Crippen molar-refractivity contribution in [3.63, 3.8) is 0 Å². The van der Waals surface area contributed by atoms with Crippen LogP contribution in [0.3, 0.4) is 0 Å². The molecular formula is C10H8F3N3O3S. The Hall–Kier alpha value is -2.23. The zero-order chi connectivity index (χ0) is 15.0. The third kappa shape index (κ3) is 2.85. The zero-order valence-corrected chi connectivity index (χ0v) is 10.5. The number of hydrogen-bond donors (Lipinski definition) is 3. The SMILES string of the molecule is O=S(=O)(Nc1cc(C(F)(F)F)ccc1O)c1ccn[nH]1. The first kappa shape index (κ1) is 14.2. The van der Waals surface area contributed by atoms with Crippen molar-refractivity contribution in [1.29, 1.82) is 0 Å². The normalized spacial score (nSPS) is 12.3. The smallest absolute Gasteiger partial charge is 0.416 e. The number of hydrogen-bond acceptors (Lipinski definition) is 4. The van der Waals surface area contributed by atoms with Crippen LogP contribution in [0, 0.1) is 0 Å². The monoisotopic (exact) mass is 307 g/mol. The van der Waals surface area contributed by atoms with Crippen LogP contribution in [-0.2, 0) is 16.2 Å². The summed E-state index contributed by atoms with van der Waals surface area (Å²) in [5.74, 6) is -0.624. The number of aromatic hydroxyl groups is 1. The van der Waals surface area contributed by atoms with Crippen LogP contribution in [0.2, 0.25) is 0 Å². The fourth-order valence-electron chi connectivity index (χ4n) is 1.39. The molecule has 0 aliphatic rings. The predicted molar refractivity (Wildman–Crippen MR) is 62.5 cm³/mol. The Morgan fingerprint density at radius 1 is 1.25 bits per heavy atom. The van der Waals surface area contributed by atoms with Crippen molar-refractivity contribution in [3.05, 3.63) is 36.0 Å². The van der Waals surface area contributed by atoms with Crippen LogP contribution in [0.5, 0.6) is 5.75 Å². The lowest BCUT2D eigenvalue weighted by Crippen LogP contribution is -2.14. The summed E-state index contributed by atoms with van der Waals surface area (Å²) in [6.07, 6.45) is -3.48. The molecule has 3 N–H and O–H groups in total. The van der Waals surface area contributed by atoms with Gasteiger partial charge in [-0.05, 0) is 24.3 Å². The summed E-state index contributed by atoms with van der Waals surface area (Å²) < 4.78 is 63.0. The highest BCUT2D eigenvalue weighted by molar-refractivity contribution is 7.92. The van der Waals surface area contributed by atoms with E-state index in [-0.39, 0.29) is 5.03 Å². The molecule has 0 saturated heterocycles. The summed E-state index contributed by atoms with van der Waals surface area (Å²) in [5.41, 5.74) is -1.66. The molecule has 0 bridgehead atoms. The Kier molecular flexibility index (Phi) is 3.34. The average Bonchev–Trinajstić information content (AvgIpc) is 2.84. The Labute approximate surface area is 111 Å². The predicted octanol–water partition coefficient (Wildman–Crippen LogP) is 1.93. The second-order valence-corrected chi connectivity index (χ2v) is 5.41. The molecule has 6 nitrogen and oxygen atoms in total. The van der Waals surface area contributed by atoms with Gasteiger partial charge in [-0.3, -0.25) is 9.82 Å². The molecule has 20 heavy (non-hydrogen) atoms. The number of nitrogens with one attached hydrogen (secondary N) is 2. The van der Waals surface area contributed by atoms with Gasteiger partial charge in [0.1, 0.15) is 5.75 Å². The number of aromatic amines is 1. The van der Waals surface area contributed by atoms with Crippen LogP contribution in [0.4, 0.5) is 18.9 Å². The zero-order valence-electron chi connectivity index (χ0n) is 9.64. The number of halogens is 3. The molecule has 0 spiro atoms.